The standard InChI is InChI=1S/C21H26N2O5S/c1-23(2)19(24)13-29-18-9-7-6-8-15(18)21(25)22-12-14-10-16(26-3)20(28-5)17(11-14)27-4/h6-11H,12-13H2,1-5H3,(H,22,25). The molecule has 0 bridgehead atoms. The summed E-state index contributed by atoms with van der Waals surface area (Å²) in [7, 11) is 8.04. The number of hydrogen-bond donors (Lipinski definition) is 1. The lowest BCUT2D eigenvalue weighted by atomic mass is 10.1. The molecule has 0 aliphatic heterocycles. The second kappa shape index (κ2) is 10.6. The molecule has 0 aliphatic rings. The van der Waals surface area contributed by atoms with Crippen LogP contribution < -0.4 is 19.5 Å². The minimum absolute atomic E-state index is 0.0114. The average molecular weight is 419 g/mol. The Balaban J connectivity index is 2.13. The first-order valence-electron chi connectivity index (χ1n) is 8.90. The molecule has 0 aromatic heterocycles. The Morgan fingerprint density at radius 1 is 1.00 bits per heavy atom. The van der Waals surface area contributed by atoms with E-state index in [4.69, 9.17) is 14.2 Å². The second-order valence-electron chi connectivity index (χ2n) is 6.29. The van der Waals surface area contributed by atoms with Gasteiger partial charge in [0.1, 0.15) is 0 Å². The van der Waals surface area contributed by atoms with Gasteiger partial charge < -0.3 is 24.4 Å². The van der Waals surface area contributed by atoms with Crippen molar-refractivity contribution in [2.75, 3.05) is 41.2 Å². The lowest BCUT2D eigenvalue weighted by molar-refractivity contribution is -0.125. The zero-order chi connectivity index (χ0) is 21.4. The Labute approximate surface area is 175 Å². The summed E-state index contributed by atoms with van der Waals surface area (Å²) in [5, 5.41) is 2.91. The molecular formula is C21H26N2O5S. The number of nitrogens with one attached hydrogen (secondary N) is 1. The fraction of sp³-hybridized carbons (Fsp3) is 0.333. The number of amides is 2. The van der Waals surface area contributed by atoms with Crippen LogP contribution in [0.15, 0.2) is 41.3 Å². The number of methoxy groups -OCH3 is 3. The minimum atomic E-state index is -0.223. The summed E-state index contributed by atoms with van der Waals surface area (Å²) < 4.78 is 16.0. The zero-order valence-corrected chi connectivity index (χ0v) is 18.1. The van der Waals surface area contributed by atoms with Crippen LogP contribution in [0.5, 0.6) is 17.2 Å². The maximum Gasteiger partial charge on any atom is 0.252 e. The minimum Gasteiger partial charge on any atom is -0.493 e. The highest BCUT2D eigenvalue weighted by Gasteiger charge is 2.16. The number of thioether (sulfide) groups is 1. The molecule has 1 N–H and O–H groups in total. The Morgan fingerprint density at radius 2 is 1.62 bits per heavy atom. The molecule has 2 aromatic carbocycles. The first kappa shape index (κ1) is 22.4. The number of nitrogens with zero attached hydrogens (tertiary/aromatic N) is 1. The Bertz CT molecular complexity index is 845. The van der Waals surface area contributed by atoms with Gasteiger partial charge in [0.05, 0.1) is 32.6 Å². The number of ether oxygens (including phenoxy) is 3. The first-order chi connectivity index (χ1) is 13.9. The number of carbonyl (C=O) groups is 2. The van der Waals surface area contributed by atoms with Crippen molar-refractivity contribution >= 4 is 23.6 Å². The van der Waals surface area contributed by atoms with Crippen LogP contribution in [0.3, 0.4) is 0 Å². The maximum absolute atomic E-state index is 12.7. The Kier molecular flexibility index (Phi) is 8.21. The van der Waals surface area contributed by atoms with Crippen molar-refractivity contribution in [3.63, 3.8) is 0 Å². The molecule has 8 heteroatoms. The van der Waals surface area contributed by atoms with Gasteiger partial charge in [-0.25, -0.2) is 0 Å². The summed E-state index contributed by atoms with van der Waals surface area (Å²) in [6, 6.07) is 10.8. The Morgan fingerprint density at radius 3 is 2.17 bits per heavy atom. The van der Waals surface area contributed by atoms with Gasteiger partial charge in [0.25, 0.3) is 5.91 Å². The normalized spacial score (nSPS) is 10.2. The van der Waals surface area contributed by atoms with E-state index in [-0.39, 0.29) is 24.1 Å². The third-order valence-corrected chi connectivity index (χ3v) is 5.22. The lowest BCUT2D eigenvalue weighted by Crippen LogP contribution is -2.25. The van der Waals surface area contributed by atoms with Crippen molar-refractivity contribution in [3.8, 4) is 17.2 Å². The summed E-state index contributed by atoms with van der Waals surface area (Å²) in [4.78, 5) is 26.9. The predicted molar refractivity (Wildman–Crippen MR) is 113 cm³/mol. The van der Waals surface area contributed by atoms with Crippen molar-refractivity contribution in [2.45, 2.75) is 11.4 Å². The quantitative estimate of drug-likeness (QED) is 0.631. The molecule has 7 nitrogen and oxygen atoms in total. The van der Waals surface area contributed by atoms with E-state index >= 15 is 0 Å². The summed E-state index contributed by atoms with van der Waals surface area (Å²) in [5.41, 5.74) is 1.33. The number of carbonyl (C=O) groups excluding carboxylic acids is 2. The van der Waals surface area contributed by atoms with E-state index in [0.717, 1.165) is 10.5 Å². The molecule has 156 valence electrons. The highest BCUT2D eigenvalue weighted by atomic mass is 32.2. The second-order valence-corrected chi connectivity index (χ2v) is 7.31. The van der Waals surface area contributed by atoms with Crippen LogP contribution >= 0.6 is 11.8 Å². The van der Waals surface area contributed by atoms with E-state index in [2.05, 4.69) is 5.32 Å². The third-order valence-electron chi connectivity index (χ3n) is 4.16. The lowest BCUT2D eigenvalue weighted by Gasteiger charge is -2.15. The van der Waals surface area contributed by atoms with Gasteiger partial charge in [-0.05, 0) is 29.8 Å². The Hall–Kier alpha value is -2.87. The van der Waals surface area contributed by atoms with Crippen LogP contribution in [0.2, 0.25) is 0 Å². The maximum atomic E-state index is 12.7. The van der Waals surface area contributed by atoms with Crippen LogP contribution in [-0.4, -0.2) is 57.9 Å². The monoisotopic (exact) mass is 418 g/mol. The van der Waals surface area contributed by atoms with Gasteiger partial charge in [-0.1, -0.05) is 12.1 Å². The van der Waals surface area contributed by atoms with E-state index < -0.39 is 0 Å². The van der Waals surface area contributed by atoms with Gasteiger partial charge in [-0.15, -0.1) is 11.8 Å². The van der Waals surface area contributed by atoms with E-state index in [1.165, 1.54) is 23.8 Å². The van der Waals surface area contributed by atoms with Gasteiger partial charge in [0, 0.05) is 25.5 Å². The summed E-state index contributed by atoms with van der Waals surface area (Å²) in [5.74, 6) is 1.58. The molecule has 0 spiro atoms. The van der Waals surface area contributed by atoms with Crippen LogP contribution in [0.25, 0.3) is 0 Å². The van der Waals surface area contributed by atoms with E-state index in [1.807, 2.05) is 12.1 Å². The SMILES string of the molecule is COc1cc(CNC(=O)c2ccccc2SCC(=O)N(C)C)cc(OC)c1OC. The molecule has 2 aromatic rings. The molecule has 0 fully saturated rings. The summed E-state index contributed by atoms with van der Waals surface area (Å²) >= 11 is 1.34. The van der Waals surface area contributed by atoms with E-state index in [9.17, 15) is 9.59 Å². The fourth-order valence-corrected chi connectivity index (χ4v) is 3.59. The zero-order valence-electron chi connectivity index (χ0n) is 17.3. The fourth-order valence-electron chi connectivity index (χ4n) is 2.56. The van der Waals surface area contributed by atoms with Crippen molar-refractivity contribution in [1.82, 2.24) is 10.2 Å². The van der Waals surface area contributed by atoms with Gasteiger partial charge in [0.2, 0.25) is 11.7 Å². The molecule has 0 saturated heterocycles. The van der Waals surface area contributed by atoms with Gasteiger partial charge in [-0.2, -0.15) is 0 Å². The highest BCUT2D eigenvalue weighted by molar-refractivity contribution is 8.00. The van der Waals surface area contributed by atoms with Crippen molar-refractivity contribution in [3.05, 3.63) is 47.5 Å². The van der Waals surface area contributed by atoms with Crippen LogP contribution in [0.4, 0.5) is 0 Å². The number of rotatable bonds is 9. The van der Waals surface area contributed by atoms with Crippen LogP contribution in [-0.2, 0) is 11.3 Å². The van der Waals surface area contributed by atoms with E-state index in [1.54, 1.807) is 52.6 Å². The number of benzene rings is 2. The van der Waals surface area contributed by atoms with Crippen molar-refractivity contribution < 1.29 is 23.8 Å². The van der Waals surface area contributed by atoms with Crippen molar-refractivity contribution in [2.24, 2.45) is 0 Å². The molecule has 0 atom stereocenters. The molecule has 0 saturated carbocycles. The molecular weight excluding hydrogens is 392 g/mol. The average Bonchev–Trinajstić information content (AvgIpc) is 2.74. The van der Waals surface area contributed by atoms with E-state index in [0.29, 0.717) is 22.8 Å². The molecule has 0 heterocycles. The van der Waals surface area contributed by atoms with Crippen molar-refractivity contribution in [1.29, 1.82) is 0 Å². The first-order valence-corrected chi connectivity index (χ1v) is 9.88. The smallest absolute Gasteiger partial charge is 0.252 e. The molecule has 0 unspecified atom stereocenters. The summed E-state index contributed by atoms with van der Waals surface area (Å²) in [6.45, 7) is 0.283. The number of hydrogen-bond acceptors (Lipinski definition) is 6. The third kappa shape index (κ3) is 5.80. The highest BCUT2D eigenvalue weighted by Crippen LogP contribution is 2.38. The van der Waals surface area contributed by atoms with Gasteiger partial charge >= 0.3 is 0 Å². The van der Waals surface area contributed by atoms with Gasteiger partial charge in [-0.3, -0.25) is 9.59 Å². The molecule has 0 radical (unpaired) electrons. The van der Waals surface area contributed by atoms with Gasteiger partial charge in [0.15, 0.2) is 11.5 Å². The predicted octanol–water partition coefficient (Wildman–Crippen LogP) is 2.82. The molecule has 0 aliphatic carbocycles. The largest absolute Gasteiger partial charge is 0.493 e. The molecule has 29 heavy (non-hydrogen) atoms. The summed E-state index contributed by atoms with van der Waals surface area (Å²) in [6.07, 6.45) is 0. The van der Waals surface area contributed by atoms with Crippen LogP contribution in [0, 0.1) is 0 Å². The molecule has 2 amide bonds. The molecule has 2 rings (SSSR count). The topological polar surface area (TPSA) is 77.1 Å². The van der Waals surface area contributed by atoms with Crippen LogP contribution in [0.1, 0.15) is 15.9 Å².